The number of thiophene rings is 1. The lowest BCUT2D eigenvalue weighted by molar-refractivity contribution is -0.114. The maximum Gasteiger partial charge on any atom is 0.234 e. The third-order valence-electron chi connectivity index (χ3n) is 2.73. The van der Waals surface area contributed by atoms with Gasteiger partial charge in [0.25, 0.3) is 0 Å². The number of nitrogens with one attached hydrogen (secondary N) is 2. The Kier molecular flexibility index (Phi) is 5.93. The lowest BCUT2D eigenvalue weighted by Crippen LogP contribution is -2.16. The number of halogens is 2. The van der Waals surface area contributed by atoms with E-state index >= 15 is 0 Å². The molecule has 2 aromatic heterocycles. The molecule has 0 aromatic carbocycles. The monoisotopic (exact) mass is 359 g/mol. The van der Waals surface area contributed by atoms with E-state index in [0.29, 0.717) is 5.95 Å². The van der Waals surface area contributed by atoms with Gasteiger partial charge in [-0.1, -0.05) is 36.2 Å². The number of rotatable bonds is 6. The first kappa shape index (κ1) is 16.9. The van der Waals surface area contributed by atoms with Gasteiger partial charge in [-0.25, -0.2) is 0 Å². The molecule has 0 spiro atoms. The Morgan fingerprint density at radius 1 is 1.32 bits per heavy atom. The van der Waals surface area contributed by atoms with Crippen LogP contribution in [0.5, 0.6) is 0 Å². The van der Waals surface area contributed by atoms with Gasteiger partial charge in [-0.3, -0.25) is 10.1 Å². The standard InChI is InChI=1S/C13H15Cl2N5OS/c1-3-8(9-5-4-6-22-9)17-13-19-11(10(14)15)18-12(20-13)16-7(2)21/h4-6,8,10H,3H2,1-2H3,(H2,16,17,18,19,20,21). The highest BCUT2D eigenvalue weighted by molar-refractivity contribution is 7.10. The number of hydrogen-bond donors (Lipinski definition) is 2. The average Bonchev–Trinajstić information content (AvgIpc) is 2.97. The second-order valence-electron chi connectivity index (χ2n) is 4.44. The number of hydrogen-bond acceptors (Lipinski definition) is 6. The van der Waals surface area contributed by atoms with Crippen LogP contribution < -0.4 is 10.6 Å². The molecule has 118 valence electrons. The lowest BCUT2D eigenvalue weighted by Gasteiger charge is -2.16. The van der Waals surface area contributed by atoms with Gasteiger partial charge < -0.3 is 5.32 Å². The van der Waals surface area contributed by atoms with Crippen LogP contribution in [0.4, 0.5) is 11.9 Å². The van der Waals surface area contributed by atoms with Crippen molar-refractivity contribution < 1.29 is 4.79 Å². The van der Waals surface area contributed by atoms with Crippen LogP contribution in [0, 0.1) is 0 Å². The Morgan fingerprint density at radius 3 is 2.59 bits per heavy atom. The van der Waals surface area contributed by atoms with Crippen molar-refractivity contribution in [2.45, 2.75) is 31.1 Å². The highest BCUT2D eigenvalue weighted by atomic mass is 35.5. The summed E-state index contributed by atoms with van der Waals surface area (Å²) in [6.07, 6.45) is 0.849. The molecule has 0 aliphatic carbocycles. The van der Waals surface area contributed by atoms with E-state index in [1.807, 2.05) is 17.5 Å². The Morgan fingerprint density at radius 2 is 2.05 bits per heavy atom. The minimum Gasteiger partial charge on any atom is -0.346 e. The lowest BCUT2D eigenvalue weighted by atomic mass is 10.2. The molecule has 0 fully saturated rings. The van der Waals surface area contributed by atoms with E-state index in [2.05, 4.69) is 32.5 Å². The van der Waals surface area contributed by atoms with E-state index in [1.165, 1.54) is 11.8 Å². The largest absolute Gasteiger partial charge is 0.346 e. The fraction of sp³-hybridized carbons (Fsp3) is 0.385. The molecule has 0 aliphatic heterocycles. The Bertz CT molecular complexity index is 635. The number of aromatic nitrogens is 3. The highest BCUT2D eigenvalue weighted by Crippen LogP contribution is 2.27. The zero-order chi connectivity index (χ0) is 16.1. The summed E-state index contributed by atoms with van der Waals surface area (Å²) in [5.74, 6) is 0.340. The van der Waals surface area contributed by atoms with Crippen molar-refractivity contribution in [1.82, 2.24) is 15.0 Å². The molecule has 0 saturated carbocycles. The van der Waals surface area contributed by atoms with Crippen molar-refractivity contribution in [2.75, 3.05) is 10.6 Å². The number of anilines is 2. The Labute approximate surface area is 142 Å². The molecule has 9 heteroatoms. The zero-order valence-electron chi connectivity index (χ0n) is 12.0. The molecular weight excluding hydrogens is 345 g/mol. The van der Waals surface area contributed by atoms with E-state index in [9.17, 15) is 4.79 Å². The van der Waals surface area contributed by atoms with E-state index in [1.54, 1.807) is 11.3 Å². The second kappa shape index (κ2) is 7.71. The van der Waals surface area contributed by atoms with Gasteiger partial charge in [0.2, 0.25) is 17.8 Å². The molecule has 2 rings (SSSR count). The summed E-state index contributed by atoms with van der Waals surface area (Å²) >= 11 is 13.3. The summed E-state index contributed by atoms with van der Waals surface area (Å²) in [6, 6.07) is 4.08. The van der Waals surface area contributed by atoms with Gasteiger partial charge in [0.15, 0.2) is 10.7 Å². The molecule has 2 aromatic rings. The first-order valence-corrected chi connectivity index (χ1v) is 8.36. The molecule has 22 heavy (non-hydrogen) atoms. The molecule has 2 heterocycles. The van der Waals surface area contributed by atoms with E-state index in [4.69, 9.17) is 23.2 Å². The fourth-order valence-corrected chi connectivity index (χ4v) is 2.84. The van der Waals surface area contributed by atoms with Crippen LogP contribution in [0.3, 0.4) is 0 Å². The summed E-state index contributed by atoms with van der Waals surface area (Å²) in [7, 11) is 0. The quantitative estimate of drug-likeness (QED) is 0.763. The Balaban J connectivity index is 2.28. The van der Waals surface area contributed by atoms with Crippen molar-refractivity contribution in [2.24, 2.45) is 0 Å². The molecule has 0 saturated heterocycles. The van der Waals surface area contributed by atoms with Crippen molar-refractivity contribution in [3.63, 3.8) is 0 Å². The molecule has 0 aliphatic rings. The predicted octanol–water partition coefficient (Wildman–Crippen LogP) is 3.93. The van der Waals surface area contributed by atoms with Crippen LogP contribution in [0.25, 0.3) is 0 Å². The maximum atomic E-state index is 11.2. The topological polar surface area (TPSA) is 79.8 Å². The van der Waals surface area contributed by atoms with Gasteiger partial charge in [0.05, 0.1) is 6.04 Å². The summed E-state index contributed by atoms with van der Waals surface area (Å²) in [5.41, 5.74) is 0. The molecular formula is C13H15Cl2N5OS. The third-order valence-corrected chi connectivity index (χ3v) is 4.11. The first-order chi connectivity index (χ1) is 10.5. The SMILES string of the molecule is CCC(Nc1nc(NC(C)=O)nc(C(Cl)Cl)n1)c1cccs1. The number of nitrogens with zero attached hydrogens (tertiary/aromatic N) is 3. The summed E-state index contributed by atoms with van der Waals surface area (Å²) in [4.78, 5) is 23.8. The fourth-order valence-electron chi connectivity index (χ4n) is 1.79. The summed E-state index contributed by atoms with van der Waals surface area (Å²) in [6.45, 7) is 3.43. The second-order valence-corrected chi connectivity index (χ2v) is 6.52. The number of carbonyl (C=O) groups excluding carboxylic acids is 1. The predicted molar refractivity (Wildman–Crippen MR) is 89.6 cm³/mol. The molecule has 0 radical (unpaired) electrons. The van der Waals surface area contributed by atoms with E-state index < -0.39 is 4.84 Å². The van der Waals surface area contributed by atoms with E-state index in [-0.39, 0.29) is 23.7 Å². The van der Waals surface area contributed by atoms with Crippen molar-refractivity contribution in [3.8, 4) is 0 Å². The molecule has 1 amide bonds. The number of alkyl halides is 2. The molecule has 2 N–H and O–H groups in total. The van der Waals surface area contributed by atoms with Crippen molar-refractivity contribution >= 4 is 52.3 Å². The van der Waals surface area contributed by atoms with E-state index in [0.717, 1.165) is 6.42 Å². The van der Waals surface area contributed by atoms with Crippen LogP contribution in [0.2, 0.25) is 0 Å². The number of amides is 1. The Hall–Kier alpha value is -1.44. The van der Waals surface area contributed by atoms with Crippen molar-refractivity contribution in [3.05, 3.63) is 28.2 Å². The van der Waals surface area contributed by atoms with Crippen LogP contribution in [-0.4, -0.2) is 20.9 Å². The van der Waals surface area contributed by atoms with Crippen LogP contribution >= 0.6 is 34.5 Å². The smallest absolute Gasteiger partial charge is 0.234 e. The third kappa shape index (κ3) is 4.53. The maximum absolute atomic E-state index is 11.2. The molecule has 6 nitrogen and oxygen atoms in total. The molecule has 0 bridgehead atoms. The normalized spacial score (nSPS) is 12.2. The summed E-state index contributed by atoms with van der Waals surface area (Å²) < 4.78 is 0. The average molecular weight is 360 g/mol. The van der Waals surface area contributed by atoms with Gasteiger partial charge in [-0.05, 0) is 17.9 Å². The summed E-state index contributed by atoms with van der Waals surface area (Å²) in [5, 5.41) is 7.74. The van der Waals surface area contributed by atoms with Gasteiger partial charge in [0.1, 0.15) is 0 Å². The van der Waals surface area contributed by atoms with Crippen LogP contribution in [-0.2, 0) is 4.79 Å². The zero-order valence-corrected chi connectivity index (χ0v) is 14.3. The molecule has 1 atom stereocenters. The number of carbonyl (C=O) groups is 1. The first-order valence-electron chi connectivity index (χ1n) is 6.61. The minimum absolute atomic E-state index is 0.0597. The van der Waals surface area contributed by atoms with Gasteiger partial charge in [-0.15, -0.1) is 11.3 Å². The minimum atomic E-state index is -0.905. The van der Waals surface area contributed by atoms with Crippen LogP contribution in [0.15, 0.2) is 17.5 Å². The highest BCUT2D eigenvalue weighted by Gasteiger charge is 2.16. The van der Waals surface area contributed by atoms with Gasteiger partial charge >= 0.3 is 0 Å². The molecule has 1 unspecified atom stereocenters. The van der Waals surface area contributed by atoms with Gasteiger partial charge in [-0.2, -0.15) is 15.0 Å². The van der Waals surface area contributed by atoms with Gasteiger partial charge in [0, 0.05) is 11.8 Å². The van der Waals surface area contributed by atoms with Crippen molar-refractivity contribution in [1.29, 1.82) is 0 Å². The van der Waals surface area contributed by atoms with Crippen LogP contribution in [0.1, 0.15) is 41.8 Å².